The molecule has 1 N–H and O–H groups in total. The largest absolute Gasteiger partial charge is 0.322 e. The number of aryl methyl sites for hydroxylation is 2. The number of carbonyl (C=O) groups is 3. The minimum atomic E-state index is -0.435. The molecule has 4 aromatic rings. The number of pyridine rings is 1. The summed E-state index contributed by atoms with van der Waals surface area (Å²) in [5, 5.41) is 8.03. The molecule has 0 saturated carbocycles. The second-order valence-corrected chi connectivity index (χ2v) is 7.82. The first-order chi connectivity index (χ1) is 15.3. The van der Waals surface area contributed by atoms with Crippen LogP contribution >= 0.6 is 11.6 Å². The van der Waals surface area contributed by atoms with E-state index in [9.17, 15) is 14.4 Å². The molecule has 0 atom stereocenters. The van der Waals surface area contributed by atoms with Gasteiger partial charge in [0.1, 0.15) is 0 Å². The first-order valence-corrected chi connectivity index (χ1v) is 10.1. The molecule has 158 valence electrons. The second kappa shape index (κ2) is 7.28. The van der Waals surface area contributed by atoms with E-state index in [4.69, 9.17) is 11.6 Å². The van der Waals surface area contributed by atoms with Crippen molar-refractivity contribution in [2.24, 2.45) is 7.05 Å². The van der Waals surface area contributed by atoms with E-state index >= 15 is 0 Å². The molecule has 2 aromatic carbocycles. The number of fused-ring (bicyclic) bond motifs is 2. The van der Waals surface area contributed by atoms with Crippen LogP contribution in [-0.2, 0) is 7.05 Å². The highest BCUT2D eigenvalue weighted by Gasteiger charge is 2.37. The van der Waals surface area contributed by atoms with E-state index in [0.29, 0.717) is 28.0 Å². The van der Waals surface area contributed by atoms with Crippen LogP contribution in [0.3, 0.4) is 0 Å². The van der Waals surface area contributed by atoms with Crippen LogP contribution in [-0.4, -0.2) is 32.5 Å². The summed E-state index contributed by atoms with van der Waals surface area (Å²) in [7, 11) is 1.79. The zero-order valence-electron chi connectivity index (χ0n) is 17.1. The third-order valence-corrected chi connectivity index (χ3v) is 5.67. The van der Waals surface area contributed by atoms with Gasteiger partial charge in [-0.05, 0) is 43.3 Å². The van der Waals surface area contributed by atoms with Gasteiger partial charge in [-0.25, -0.2) is 9.88 Å². The van der Waals surface area contributed by atoms with Crippen molar-refractivity contribution in [2.75, 3.05) is 10.2 Å². The zero-order chi connectivity index (χ0) is 22.6. The average molecular weight is 446 g/mol. The molecule has 0 fully saturated rings. The minimum absolute atomic E-state index is 0.161. The van der Waals surface area contributed by atoms with Crippen LogP contribution < -0.4 is 10.2 Å². The Kier molecular flexibility index (Phi) is 4.53. The summed E-state index contributed by atoms with van der Waals surface area (Å²) in [4.78, 5) is 43.5. The fourth-order valence-electron chi connectivity index (χ4n) is 3.81. The van der Waals surface area contributed by atoms with E-state index in [1.165, 1.54) is 18.3 Å². The molecule has 0 aliphatic carbocycles. The standard InChI is InChI=1S/C23H16ClN5O3/c1-12-17-9-13(11-25-20(17)28(2)27-12)21(30)26-14-7-8-19(18(24)10-14)29-22(31)15-5-3-4-6-16(15)23(29)32/h3-11H,1-2H3,(H,26,30). The zero-order valence-corrected chi connectivity index (χ0v) is 17.8. The van der Waals surface area contributed by atoms with Gasteiger partial charge in [-0.3, -0.25) is 19.1 Å². The Morgan fingerprint density at radius 3 is 2.38 bits per heavy atom. The van der Waals surface area contributed by atoms with Crippen molar-refractivity contribution < 1.29 is 14.4 Å². The molecule has 0 saturated heterocycles. The number of amides is 3. The van der Waals surface area contributed by atoms with Crippen molar-refractivity contribution in [2.45, 2.75) is 6.92 Å². The van der Waals surface area contributed by atoms with Crippen molar-refractivity contribution in [1.82, 2.24) is 14.8 Å². The van der Waals surface area contributed by atoms with Crippen LogP contribution in [0.15, 0.2) is 54.7 Å². The van der Waals surface area contributed by atoms with Crippen LogP contribution in [0.4, 0.5) is 11.4 Å². The van der Waals surface area contributed by atoms with Crippen LogP contribution in [0.5, 0.6) is 0 Å². The molecule has 1 aliphatic heterocycles. The van der Waals surface area contributed by atoms with E-state index in [-0.39, 0.29) is 16.6 Å². The van der Waals surface area contributed by atoms with E-state index in [1.807, 2.05) is 6.92 Å². The maximum atomic E-state index is 12.7. The Hall–Kier alpha value is -4.04. The number of anilines is 2. The summed E-state index contributed by atoms with van der Waals surface area (Å²) in [6.07, 6.45) is 1.48. The number of hydrogen-bond acceptors (Lipinski definition) is 5. The Labute approximate surface area is 187 Å². The van der Waals surface area contributed by atoms with Gasteiger partial charge in [-0.1, -0.05) is 23.7 Å². The molecule has 0 spiro atoms. The van der Waals surface area contributed by atoms with E-state index in [0.717, 1.165) is 16.0 Å². The highest BCUT2D eigenvalue weighted by molar-refractivity contribution is 6.40. The fourth-order valence-corrected chi connectivity index (χ4v) is 4.07. The molecule has 0 unspecified atom stereocenters. The van der Waals surface area contributed by atoms with Gasteiger partial charge in [-0.15, -0.1) is 0 Å². The Morgan fingerprint density at radius 1 is 1.03 bits per heavy atom. The molecule has 5 rings (SSSR count). The third-order valence-electron chi connectivity index (χ3n) is 5.37. The fraction of sp³-hybridized carbons (Fsp3) is 0.0870. The number of nitrogens with zero attached hydrogens (tertiary/aromatic N) is 4. The normalized spacial score (nSPS) is 13.0. The molecular formula is C23H16ClN5O3. The summed E-state index contributed by atoms with van der Waals surface area (Å²) in [6, 6.07) is 13.0. The van der Waals surface area contributed by atoms with Crippen LogP contribution in [0, 0.1) is 6.92 Å². The van der Waals surface area contributed by atoms with Gasteiger partial charge < -0.3 is 5.32 Å². The molecular weight excluding hydrogens is 430 g/mol. The number of aromatic nitrogens is 3. The van der Waals surface area contributed by atoms with Crippen molar-refractivity contribution in [3.8, 4) is 0 Å². The smallest absolute Gasteiger partial charge is 0.266 e. The molecule has 2 aromatic heterocycles. The number of carbonyl (C=O) groups excluding carboxylic acids is 3. The van der Waals surface area contributed by atoms with Crippen molar-refractivity contribution in [3.05, 3.63) is 82.1 Å². The molecule has 0 bridgehead atoms. The number of hydrogen-bond donors (Lipinski definition) is 1. The lowest BCUT2D eigenvalue weighted by molar-refractivity contribution is 0.0924. The average Bonchev–Trinajstić information content (AvgIpc) is 3.21. The number of benzene rings is 2. The van der Waals surface area contributed by atoms with Gasteiger partial charge in [0.2, 0.25) is 0 Å². The predicted molar refractivity (Wildman–Crippen MR) is 120 cm³/mol. The van der Waals surface area contributed by atoms with E-state index in [2.05, 4.69) is 15.4 Å². The van der Waals surface area contributed by atoms with Crippen molar-refractivity contribution in [3.63, 3.8) is 0 Å². The van der Waals surface area contributed by atoms with Gasteiger partial charge in [-0.2, -0.15) is 5.10 Å². The van der Waals surface area contributed by atoms with Crippen LogP contribution in [0.2, 0.25) is 5.02 Å². The maximum absolute atomic E-state index is 12.7. The van der Waals surface area contributed by atoms with Gasteiger partial charge in [0.25, 0.3) is 17.7 Å². The summed E-state index contributed by atoms with van der Waals surface area (Å²) in [5.74, 6) is -1.24. The first kappa shape index (κ1) is 19.9. The maximum Gasteiger partial charge on any atom is 0.266 e. The molecule has 32 heavy (non-hydrogen) atoms. The molecule has 0 radical (unpaired) electrons. The summed E-state index contributed by atoms with van der Waals surface area (Å²) >= 11 is 6.39. The molecule has 3 amide bonds. The SMILES string of the molecule is Cc1nn(C)c2ncc(C(=O)Nc3ccc(N4C(=O)c5ccccc5C4=O)c(Cl)c3)cc12. The number of nitrogens with one attached hydrogen (secondary N) is 1. The number of halogens is 1. The first-order valence-electron chi connectivity index (χ1n) is 9.73. The summed E-state index contributed by atoms with van der Waals surface area (Å²) in [6.45, 7) is 1.85. The van der Waals surface area contributed by atoms with Gasteiger partial charge in [0.15, 0.2) is 5.65 Å². The number of rotatable bonds is 3. The lowest BCUT2D eigenvalue weighted by Gasteiger charge is -2.16. The molecule has 3 heterocycles. The third kappa shape index (κ3) is 3.04. The van der Waals surface area contributed by atoms with E-state index in [1.54, 1.807) is 48.1 Å². The lowest BCUT2D eigenvalue weighted by atomic mass is 10.1. The Balaban J connectivity index is 1.41. The lowest BCUT2D eigenvalue weighted by Crippen LogP contribution is -2.29. The topological polar surface area (TPSA) is 97.2 Å². The van der Waals surface area contributed by atoms with Gasteiger partial charge >= 0.3 is 0 Å². The second-order valence-electron chi connectivity index (χ2n) is 7.42. The van der Waals surface area contributed by atoms with E-state index < -0.39 is 11.8 Å². The van der Waals surface area contributed by atoms with Crippen LogP contribution in [0.1, 0.15) is 36.8 Å². The predicted octanol–water partition coefficient (Wildman–Crippen LogP) is 3.98. The highest BCUT2D eigenvalue weighted by atomic mass is 35.5. The van der Waals surface area contributed by atoms with Gasteiger partial charge in [0.05, 0.1) is 33.1 Å². The molecule has 9 heteroatoms. The highest BCUT2D eigenvalue weighted by Crippen LogP contribution is 2.35. The van der Waals surface area contributed by atoms with Crippen LogP contribution in [0.25, 0.3) is 11.0 Å². The molecule has 8 nitrogen and oxygen atoms in total. The minimum Gasteiger partial charge on any atom is -0.322 e. The van der Waals surface area contributed by atoms with Crippen molar-refractivity contribution in [1.29, 1.82) is 0 Å². The van der Waals surface area contributed by atoms with Gasteiger partial charge in [0, 0.05) is 24.3 Å². The summed E-state index contributed by atoms with van der Waals surface area (Å²) < 4.78 is 1.66. The Morgan fingerprint density at radius 2 is 1.72 bits per heavy atom. The monoisotopic (exact) mass is 445 g/mol. The van der Waals surface area contributed by atoms with Crippen molar-refractivity contribution >= 4 is 51.7 Å². The Bertz CT molecular complexity index is 1420. The quantitative estimate of drug-likeness (QED) is 0.481. The summed E-state index contributed by atoms with van der Waals surface area (Å²) in [5.41, 5.74) is 3.17. The molecule has 1 aliphatic rings. The number of imide groups is 1.